The smallest absolute Gasteiger partial charge is 0.229 e. The minimum absolute atomic E-state index is 0.530. The number of furan rings is 1. The van der Waals surface area contributed by atoms with Gasteiger partial charge in [-0.2, -0.15) is 0 Å². The normalized spacial score (nSPS) is 11.4. The average Bonchev–Trinajstić information content (AvgIpc) is 3.69. The van der Waals surface area contributed by atoms with Crippen LogP contribution in [0, 0.1) is 0 Å². The van der Waals surface area contributed by atoms with Crippen LogP contribution in [0.2, 0.25) is 0 Å². The molecule has 0 atom stereocenters. The van der Waals surface area contributed by atoms with Crippen molar-refractivity contribution < 1.29 is 4.42 Å². The Morgan fingerprint density at radius 2 is 0.780 bits per heavy atom. The number of hydrogen-bond donors (Lipinski definition) is 0. The average molecular weight is 757 g/mol. The van der Waals surface area contributed by atoms with Crippen LogP contribution >= 0.6 is 0 Å². The van der Waals surface area contributed by atoms with Crippen molar-refractivity contribution in [3.8, 4) is 78.9 Å². The zero-order chi connectivity index (χ0) is 39.1. The van der Waals surface area contributed by atoms with E-state index in [0.717, 1.165) is 71.7 Å². The van der Waals surface area contributed by atoms with Crippen molar-refractivity contribution in [1.82, 2.24) is 29.9 Å². The van der Waals surface area contributed by atoms with Gasteiger partial charge >= 0.3 is 0 Å². The van der Waals surface area contributed by atoms with Crippen LogP contribution in [0.15, 0.2) is 199 Å². The van der Waals surface area contributed by atoms with Crippen molar-refractivity contribution in [1.29, 1.82) is 0 Å². The number of nitrogens with zero attached hydrogens (tertiary/aromatic N) is 6. The van der Waals surface area contributed by atoms with Crippen LogP contribution in [0.25, 0.3) is 112 Å². The fourth-order valence-electron chi connectivity index (χ4n) is 7.70. The van der Waals surface area contributed by atoms with Gasteiger partial charge in [0.1, 0.15) is 5.52 Å². The molecule has 7 heteroatoms. The summed E-state index contributed by atoms with van der Waals surface area (Å²) in [7, 11) is 0. The molecule has 0 bridgehead atoms. The highest BCUT2D eigenvalue weighted by atomic mass is 16.3. The van der Waals surface area contributed by atoms with Crippen molar-refractivity contribution in [2.75, 3.05) is 0 Å². The van der Waals surface area contributed by atoms with Crippen molar-refractivity contribution >= 4 is 33.0 Å². The topological polar surface area (TPSA) is 90.5 Å². The lowest BCUT2D eigenvalue weighted by Gasteiger charge is -2.13. The monoisotopic (exact) mass is 756 g/mol. The summed E-state index contributed by atoms with van der Waals surface area (Å²) in [5, 5.41) is 3.02. The summed E-state index contributed by atoms with van der Waals surface area (Å²) in [5.41, 5.74) is 12.2. The van der Waals surface area contributed by atoms with E-state index < -0.39 is 0 Å². The molecule has 0 spiro atoms. The van der Waals surface area contributed by atoms with Crippen molar-refractivity contribution in [2.45, 2.75) is 0 Å². The molecule has 59 heavy (non-hydrogen) atoms. The maximum atomic E-state index is 6.08. The summed E-state index contributed by atoms with van der Waals surface area (Å²) in [5.74, 6) is 2.53. The number of benzene rings is 7. The summed E-state index contributed by atoms with van der Waals surface area (Å²) >= 11 is 0. The molecule has 276 valence electrons. The molecule has 0 aliphatic heterocycles. The fraction of sp³-hybridized carbons (Fsp3) is 0. The summed E-state index contributed by atoms with van der Waals surface area (Å²) in [6.07, 6.45) is 3.59. The molecule has 4 aromatic heterocycles. The van der Waals surface area contributed by atoms with E-state index in [4.69, 9.17) is 29.3 Å². The Morgan fingerprint density at radius 1 is 0.305 bits per heavy atom. The highest BCUT2D eigenvalue weighted by Crippen LogP contribution is 2.37. The molecule has 0 saturated heterocycles. The van der Waals surface area contributed by atoms with Crippen molar-refractivity contribution in [3.05, 3.63) is 194 Å². The van der Waals surface area contributed by atoms with Crippen molar-refractivity contribution in [3.63, 3.8) is 0 Å². The first kappa shape index (κ1) is 34.1. The van der Waals surface area contributed by atoms with E-state index in [1.807, 2.05) is 85.1 Å². The SMILES string of the molecule is c1ccc(-c2ccc(-c3ncc4oc5ncc(-c6ccc(-c7ccc(-c8nc(-c9ccccc9)nc(-c9ccccc9)n8)c8ccccc78)cc6)cc5c4n3)cc2)cc1. The molecule has 0 aliphatic rings. The summed E-state index contributed by atoms with van der Waals surface area (Å²) in [6, 6.07) is 62.2. The van der Waals surface area contributed by atoms with Gasteiger partial charge in [0.15, 0.2) is 28.9 Å². The van der Waals surface area contributed by atoms with E-state index in [2.05, 4.69) is 108 Å². The molecule has 0 unspecified atom stereocenters. The van der Waals surface area contributed by atoms with Crippen LogP contribution in [-0.2, 0) is 0 Å². The van der Waals surface area contributed by atoms with Crippen LogP contribution in [0.5, 0.6) is 0 Å². The third-order valence-corrected chi connectivity index (χ3v) is 10.7. The molecular formula is C52H32N6O. The van der Waals surface area contributed by atoms with E-state index in [1.165, 1.54) is 5.56 Å². The molecule has 0 N–H and O–H groups in total. The zero-order valence-electron chi connectivity index (χ0n) is 31.6. The van der Waals surface area contributed by atoms with E-state index in [1.54, 1.807) is 6.20 Å². The first-order chi connectivity index (χ1) is 29.2. The Kier molecular flexibility index (Phi) is 8.33. The molecule has 0 fully saturated rings. The van der Waals surface area contributed by atoms with E-state index >= 15 is 0 Å². The summed E-state index contributed by atoms with van der Waals surface area (Å²) in [6.45, 7) is 0. The molecule has 7 aromatic carbocycles. The van der Waals surface area contributed by atoms with Gasteiger partial charge in [0.05, 0.1) is 11.6 Å². The fourth-order valence-corrected chi connectivity index (χ4v) is 7.70. The molecule has 0 amide bonds. The lowest BCUT2D eigenvalue weighted by atomic mass is 9.93. The van der Waals surface area contributed by atoms with Crippen LogP contribution in [0.1, 0.15) is 0 Å². The Bertz CT molecular complexity index is 3240. The number of rotatable bonds is 7. The minimum Gasteiger partial charge on any atom is -0.434 e. The van der Waals surface area contributed by atoms with Gasteiger partial charge in [-0.15, -0.1) is 0 Å². The van der Waals surface area contributed by atoms with Crippen molar-refractivity contribution in [2.24, 2.45) is 0 Å². The molecule has 11 rings (SSSR count). The Hall–Kier alpha value is -8.16. The maximum absolute atomic E-state index is 6.08. The largest absolute Gasteiger partial charge is 0.434 e. The van der Waals surface area contributed by atoms with Gasteiger partial charge in [0.2, 0.25) is 5.71 Å². The second kappa shape index (κ2) is 14.4. The second-order valence-electron chi connectivity index (χ2n) is 14.4. The van der Waals surface area contributed by atoms with Crippen LogP contribution in [-0.4, -0.2) is 29.9 Å². The van der Waals surface area contributed by atoms with Gasteiger partial charge in [-0.25, -0.2) is 29.9 Å². The van der Waals surface area contributed by atoms with Gasteiger partial charge in [0, 0.05) is 34.0 Å². The van der Waals surface area contributed by atoms with E-state index in [0.29, 0.717) is 34.6 Å². The van der Waals surface area contributed by atoms with Gasteiger partial charge in [-0.05, 0) is 50.7 Å². The first-order valence-corrected chi connectivity index (χ1v) is 19.4. The number of fused-ring (bicyclic) bond motifs is 4. The summed E-state index contributed by atoms with van der Waals surface area (Å²) < 4.78 is 6.08. The number of hydrogen-bond acceptors (Lipinski definition) is 7. The summed E-state index contributed by atoms with van der Waals surface area (Å²) in [4.78, 5) is 29.2. The quantitative estimate of drug-likeness (QED) is 0.160. The first-order valence-electron chi connectivity index (χ1n) is 19.4. The van der Waals surface area contributed by atoms with Crippen LogP contribution in [0.3, 0.4) is 0 Å². The molecule has 0 aliphatic carbocycles. The minimum atomic E-state index is 0.530. The number of pyridine rings is 1. The zero-order valence-corrected chi connectivity index (χ0v) is 31.6. The Balaban J connectivity index is 0.931. The van der Waals surface area contributed by atoms with Crippen LogP contribution in [0.4, 0.5) is 0 Å². The molecule has 4 heterocycles. The van der Waals surface area contributed by atoms with E-state index in [9.17, 15) is 0 Å². The van der Waals surface area contributed by atoms with Gasteiger partial charge in [0.25, 0.3) is 0 Å². The predicted molar refractivity (Wildman–Crippen MR) is 236 cm³/mol. The standard InChI is InChI=1S/C52H32N6O/c1-4-12-33(13-5-1)34-22-26-39(27-23-34)48-53-32-46-47(55-48)45-30-40(31-54-52(45)59-46)35-20-24-36(25-21-35)41-28-29-44(43-19-11-10-18-42(41)43)51-57-49(37-14-6-2-7-15-37)56-50(58-51)38-16-8-3-9-17-38/h1-32H. The van der Waals surface area contributed by atoms with Gasteiger partial charge < -0.3 is 4.42 Å². The lowest BCUT2D eigenvalue weighted by molar-refractivity contribution is 0.651. The maximum Gasteiger partial charge on any atom is 0.229 e. The van der Waals surface area contributed by atoms with Crippen LogP contribution < -0.4 is 0 Å². The van der Waals surface area contributed by atoms with E-state index in [-0.39, 0.29) is 0 Å². The Labute approximate surface area is 339 Å². The highest BCUT2D eigenvalue weighted by molar-refractivity contribution is 6.05. The third-order valence-electron chi connectivity index (χ3n) is 10.7. The molecule has 0 radical (unpaired) electrons. The third kappa shape index (κ3) is 6.37. The van der Waals surface area contributed by atoms with Gasteiger partial charge in [-0.3, -0.25) is 0 Å². The second-order valence-corrected chi connectivity index (χ2v) is 14.4. The molecule has 7 nitrogen and oxygen atoms in total. The molecule has 0 saturated carbocycles. The predicted octanol–water partition coefficient (Wildman–Crippen LogP) is 12.8. The highest BCUT2D eigenvalue weighted by Gasteiger charge is 2.17. The van der Waals surface area contributed by atoms with Gasteiger partial charge in [-0.1, -0.05) is 170 Å². The molecule has 11 aromatic rings. The lowest BCUT2D eigenvalue weighted by Crippen LogP contribution is -2.00. The molecular weight excluding hydrogens is 725 g/mol. The Morgan fingerprint density at radius 3 is 1.42 bits per heavy atom. The number of aromatic nitrogens is 6.